The van der Waals surface area contributed by atoms with Crippen LogP contribution in [0.3, 0.4) is 0 Å². The summed E-state index contributed by atoms with van der Waals surface area (Å²) in [6.07, 6.45) is 3.43. The summed E-state index contributed by atoms with van der Waals surface area (Å²) in [5.74, 6) is -0.255. The lowest BCUT2D eigenvalue weighted by Gasteiger charge is -2.16. The van der Waals surface area contributed by atoms with Gasteiger partial charge in [-0.25, -0.2) is 4.39 Å². The summed E-state index contributed by atoms with van der Waals surface area (Å²) in [6, 6.07) is 8.70. The van der Waals surface area contributed by atoms with Gasteiger partial charge in [-0.2, -0.15) is 5.26 Å². The van der Waals surface area contributed by atoms with Crippen LogP contribution in [-0.4, -0.2) is 4.98 Å². The van der Waals surface area contributed by atoms with Crippen LogP contribution in [0.25, 0.3) is 0 Å². The first-order valence-electron chi connectivity index (χ1n) is 7.06. The molecular formula is C17H17FN2S. The van der Waals surface area contributed by atoms with Gasteiger partial charge in [-0.05, 0) is 59.5 Å². The van der Waals surface area contributed by atoms with Gasteiger partial charge in [0.2, 0.25) is 0 Å². The predicted molar refractivity (Wildman–Crippen MR) is 84.4 cm³/mol. The van der Waals surface area contributed by atoms with Crippen molar-refractivity contribution in [2.75, 3.05) is 0 Å². The van der Waals surface area contributed by atoms with Crippen molar-refractivity contribution in [3.05, 3.63) is 64.7 Å². The molecule has 21 heavy (non-hydrogen) atoms. The van der Waals surface area contributed by atoms with E-state index in [-0.39, 0.29) is 11.1 Å². The number of aryl methyl sites for hydroxylation is 2. The average Bonchev–Trinajstić information content (AvgIpc) is 2.68. The zero-order valence-corrected chi connectivity index (χ0v) is 13.0. The summed E-state index contributed by atoms with van der Waals surface area (Å²) in [4.78, 5) is 4.40. The zero-order valence-electron chi connectivity index (χ0n) is 12.1. The van der Waals surface area contributed by atoms with Crippen molar-refractivity contribution < 1.29 is 4.39 Å². The molecule has 0 fully saturated rings. The van der Waals surface area contributed by atoms with Crippen LogP contribution in [0.5, 0.6) is 0 Å². The lowest BCUT2D eigenvalue weighted by molar-refractivity contribution is 0.625. The number of hydrogen-bond donors (Lipinski definition) is 0. The highest BCUT2D eigenvalue weighted by Gasteiger charge is 2.25. The molecule has 1 aliphatic rings. The molecule has 1 heterocycles. The Bertz CT molecular complexity index is 664. The Morgan fingerprint density at radius 1 is 1.24 bits per heavy atom. The summed E-state index contributed by atoms with van der Waals surface area (Å²) in [5, 5.41) is 11.0. The molecule has 108 valence electrons. The second-order valence-electron chi connectivity index (χ2n) is 4.47. The van der Waals surface area contributed by atoms with Gasteiger partial charge >= 0.3 is 0 Å². The molecule has 1 atom stereocenters. The van der Waals surface area contributed by atoms with E-state index in [4.69, 9.17) is 5.26 Å². The molecule has 0 saturated carbocycles. The van der Waals surface area contributed by atoms with Crippen molar-refractivity contribution in [3.63, 3.8) is 0 Å². The van der Waals surface area contributed by atoms with Crippen molar-refractivity contribution >= 4 is 11.8 Å². The second kappa shape index (κ2) is 7.24. The topological polar surface area (TPSA) is 36.7 Å². The predicted octanol–water partition coefficient (Wildman–Crippen LogP) is 4.65. The van der Waals surface area contributed by atoms with E-state index in [0.717, 1.165) is 47.0 Å². The number of aromatic nitrogens is 1. The number of benzene rings is 1. The maximum atomic E-state index is 13.5. The van der Waals surface area contributed by atoms with Crippen LogP contribution in [0.2, 0.25) is 0 Å². The van der Waals surface area contributed by atoms with E-state index in [0.29, 0.717) is 0 Å². The second-order valence-corrected chi connectivity index (χ2v) is 5.36. The molecule has 0 spiro atoms. The van der Waals surface area contributed by atoms with Crippen molar-refractivity contribution in [1.29, 1.82) is 5.26 Å². The van der Waals surface area contributed by atoms with E-state index < -0.39 is 0 Å². The molecule has 4 heteroatoms. The molecular weight excluding hydrogens is 283 g/mol. The molecule has 1 aromatic heterocycles. The van der Waals surface area contributed by atoms with Crippen LogP contribution in [0.15, 0.2) is 36.5 Å². The van der Waals surface area contributed by atoms with E-state index in [2.05, 4.69) is 10.4 Å². The van der Waals surface area contributed by atoms with Crippen LogP contribution in [-0.2, 0) is 12.8 Å². The van der Waals surface area contributed by atoms with E-state index in [9.17, 15) is 4.39 Å². The number of rotatable bonds is 1. The molecule has 0 saturated heterocycles. The third-order valence-corrected chi connectivity index (χ3v) is 4.25. The number of pyridine rings is 1. The van der Waals surface area contributed by atoms with Gasteiger partial charge in [0, 0.05) is 11.9 Å². The number of hydrogen-bond acceptors (Lipinski definition) is 3. The average molecular weight is 300 g/mol. The highest BCUT2D eigenvalue weighted by atomic mass is 32.2. The number of thiocyanates is 1. The van der Waals surface area contributed by atoms with Crippen molar-refractivity contribution in [1.82, 2.24) is 4.98 Å². The Kier molecular flexibility index (Phi) is 5.35. The highest BCUT2D eigenvalue weighted by Crippen LogP contribution is 2.40. The van der Waals surface area contributed by atoms with Gasteiger partial charge in [-0.3, -0.25) is 4.98 Å². The van der Waals surface area contributed by atoms with Crippen LogP contribution in [0.4, 0.5) is 4.39 Å². The minimum atomic E-state index is -0.255. The Morgan fingerprint density at radius 3 is 2.81 bits per heavy atom. The van der Waals surface area contributed by atoms with Crippen molar-refractivity contribution in [2.45, 2.75) is 31.9 Å². The van der Waals surface area contributed by atoms with Crippen LogP contribution >= 0.6 is 11.8 Å². The van der Waals surface area contributed by atoms with Gasteiger partial charge in [0.15, 0.2) is 0 Å². The molecule has 0 N–H and O–H groups in total. The van der Waals surface area contributed by atoms with Crippen LogP contribution in [0, 0.1) is 16.5 Å². The van der Waals surface area contributed by atoms with Crippen LogP contribution < -0.4 is 0 Å². The molecule has 0 bridgehead atoms. The zero-order chi connectivity index (χ0) is 15.2. The number of thioether (sulfide) groups is 1. The fourth-order valence-corrected chi connectivity index (χ4v) is 3.33. The molecule has 3 rings (SSSR count). The first-order chi connectivity index (χ1) is 10.3. The van der Waals surface area contributed by atoms with Gasteiger partial charge in [0.05, 0.1) is 5.25 Å². The lowest BCUT2D eigenvalue weighted by atomic mass is 10.0. The quantitative estimate of drug-likeness (QED) is 0.719. The smallest absolute Gasteiger partial charge is 0.134 e. The van der Waals surface area contributed by atoms with E-state index in [1.165, 1.54) is 6.07 Å². The Morgan fingerprint density at radius 2 is 2.05 bits per heavy atom. The third kappa shape index (κ3) is 3.25. The Balaban J connectivity index is 0.000000774. The summed E-state index contributed by atoms with van der Waals surface area (Å²) in [7, 11) is 0. The monoisotopic (exact) mass is 300 g/mol. The minimum Gasteiger partial charge on any atom is -0.261 e. The maximum Gasteiger partial charge on any atom is 0.134 e. The molecule has 1 aromatic carbocycles. The fourth-order valence-electron chi connectivity index (χ4n) is 2.54. The van der Waals surface area contributed by atoms with Gasteiger partial charge in [0.25, 0.3) is 0 Å². The first kappa shape index (κ1) is 15.5. The SMILES string of the molecule is CC.N#CSC1c2cc(F)ccc2CCc2ncccc21. The minimum absolute atomic E-state index is 0.151. The summed E-state index contributed by atoms with van der Waals surface area (Å²) < 4.78 is 13.5. The van der Waals surface area contributed by atoms with Gasteiger partial charge in [-0.1, -0.05) is 26.0 Å². The Hall–Kier alpha value is -1.86. The van der Waals surface area contributed by atoms with Crippen LogP contribution in [0.1, 0.15) is 41.5 Å². The standard InChI is InChI=1S/C15H11FN2S.C2H6/c16-11-5-3-10-4-6-14-12(2-1-7-18-14)15(19-9-17)13(10)8-11;1-2/h1-3,5,7-8,15H,4,6H2;1-2H3. The fraction of sp³-hybridized carbons (Fsp3) is 0.294. The third-order valence-electron chi connectivity index (χ3n) is 3.40. The van der Waals surface area contributed by atoms with Gasteiger partial charge in [-0.15, -0.1) is 0 Å². The highest BCUT2D eigenvalue weighted by molar-refractivity contribution is 8.04. The maximum absolute atomic E-state index is 13.5. The summed E-state index contributed by atoms with van der Waals surface area (Å²) >= 11 is 1.16. The summed E-state index contributed by atoms with van der Waals surface area (Å²) in [6.45, 7) is 4.00. The molecule has 0 radical (unpaired) electrons. The largest absolute Gasteiger partial charge is 0.261 e. The molecule has 0 aliphatic heterocycles. The molecule has 1 unspecified atom stereocenters. The Labute approximate surface area is 129 Å². The number of nitriles is 1. The normalized spacial score (nSPS) is 15.6. The molecule has 0 amide bonds. The van der Waals surface area contributed by atoms with E-state index >= 15 is 0 Å². The number of nitrogens with zero attached hydrogens (tertiary/aromatic N) is 2. The number of halogens is 1. The summed E-state index contributed by atoms with van der Waals surface area (Å²) in [5.41, 5.74) is 4.04. The van der Waals surface area contributed by atoms with Crippen molar-refractivity contribution in [2.24, 2.45) is 0 Å². The first-order valence-corrected chi connectivity index (χ1v) is 7.94. The lowest BCUT2D eigenvalue weighted by Crippen LogP contribution is -2.01. The van der Waals surface area contributed by atoms with E-state index in [1.54, 1.807) is 12.3 Å². The number of fused-ring (bicyclic) bond motifs is 2. The molecule has 1 aliphatic carbocycles. The van der Waals surface area contributed by atoms with Gasteiger partial charge in [0.1, 0.15) is 11.2 Å². The molecule has 2 nitrogen and oxygen atoms in total. The molecule has 2 aromatic rings. The van der Waals surface area contributed by atoms with Gasteiger partial charge < -0.3 is 0 Å². The van der Waals surface area contributed by atoms with E-state index in [1.807, 2.05) is 32.0 Å². The van der Waals surface area contributed by atoms with Crippen molar-refractivity contribution in [3.8, 4) is 5.40 Å².